The molecule has 2 aliphatic rings. The predicted molar refractivity (Wildman–Crippen MR) is 108 cm³/mol. The number of nitrogens with zero attached hydrogens (tertiary/aromatic N) is 2. The third-order valence-corrected chi connectivity index (χ3v) is 6.66. The van der Waals surface area contributed by atoms with E-state index < -0.39 is 9.84 Å². The van der Waals surface area contributed by atoms with Gasteiger partial charge in [0.05, 0.1) is 27.4 Å². The third-order valence-electron chi connectivity index (χ3n) is 5.52. The smallest absolute Gasteiger partial charge is 0.266 e. The first-order chi connectivity index (χ1) is 13.3. The number of amides is 2. The maximum absolute atomic E-state index is 12.8. The van der Waals surface area contributed by atoms with Crippen LogP contribution in [0.2, 0.25) is 0 Å². The van der Waals surface area contributed by atoms with Gasteiger partial charge in [-0.15, -0.1) is 0 Å². The summed E-state index contributed by atoms with van der Waals surface area (Å²) in [5.41, 5.74) is 1.69. The standard InChI is InChI=1S/C21H22N2O4S/c1-14-9-11-22(12-10-14)18-13-15(7-8-19(18)28(2,26)27)23-20(24)16-5-3-4-6-17(16)21(23)25/h3-8,13-14H,9-12H2,1-2H3. The summed E-state index contributed by atoms with van der Waals surface area (Å²) in [4.78, 5) is 29.0. The van der Waals surface area contributed by atoms with Gasteiger partial charge < -0.3 is 4.90 Å². The number of rotatable bonds is 3. The van der Waals surface area contributed by atoms with Crippen molar-refractivity contribution in [1.82, 2.24) is 0 Å². The van der Waals surface area contributed by atoms with Crippen LogP contribution in [0.3, 0.4) is 0 Å². The van der Waals surface area contributed by atoms with E-state index in [1.54, 1.807) is 30.3 Å². The van der Waals surface area contributed by atoms with Crippen molar-refractivity contribution in [2.45, 2.75) is 24.7 Å². The van der Waals surface area contributed by atoms with Crippen molar-refractivity contribution in [3.63, 3.8) is 0 Å². The third kappa shape index (κ3) is 3.09. The lowest BCUT2D eigenvalue weighted by Gasteiger charge is -2.33. The second-order valence-electron chi connectivity index (χ2n) is 7.59. The van der Waals surface area contributed by atoms with Gasteiger partial charge in [-0.3, -0.25) is 9.59 Å². The zero-order valence-electron chi connectivity index (χ0n) is 15.9. The van der Waals surface area contributed by atoms with Gasteiger partial charge in [0, 0.05) is 19.3 Å². The molecule has 0 spiro atoms. The van der Waals surface area contributed by atoms with Crippen molar-refractivity contribution in [3.8, 4) is 0 Å². The van der Waals surface area contributed by atoms with Crippen LogP contribution in [0.15, 0.2) is 47.4 Å². The Balaban J connectivity index is 1.79. The molecule has 2 heterocycles. The SMILES string of the molecule is CC1CCN(c2cc(N3C(=O)c4ccccc4C3=O)ccc2S(C)(=O)=O)CC1. The fraction of sp³-hybridized carbons (Fsp3) is 0.333. The van der Waals surface area contributed by atoms with E-state index in [9.17, 15) is 18.0 Å². The number of imide groups is 1. The van der Waals surface area contributed by atoms with Crippen LogP contribution in [0.4, 0.5) is 11.4 Å². The Bertz CT molecular complexity index is 1030. The molecular weight excluding hydrogens is 376 g/mol. The van der Waals surface area contributed by atoms with E-state index in [1.165, 1.54) is 18.4 Å². The van der Waals surface area contributed by atoms with Crippen LogP contribution in [0.1, 0.15) is 40.5 Å². The van der Waals surface area contributed by atoms with Crippen molar-refractivity contribution in [3.05, 3.63) is 53.6 Å². The summed E-state index contributed by atoms with van der Waals surface area (Å²) < 4.78 is 24.7. The van der Waals surface area contributed by atoms with Crippen molar-refractivity contribution in [2.75, 3.05) is 29.1 Å². The minimum atomic E-state index is -3.45. The van der Waals surface area contributed by atoms with Crippen LogP contribution in [0.5, 0.6) is 0 Å². The summed E-state index contributed by atoms with van der Waals surface area (Å²) in [6, 6.07) is 11.4. The second kappa shape index (κ2) is 6.74. The fourth-order valence-electron chi connectivity index (χ4n) is 3.88. The van der Waals surface area contributed by atoms with Crippen LogP contribution < -0.4 is 9.80 Å². The van der Waals surface area contributed by atoms with Crippen LogP contribution in [0, 0.1) is 5.92 Å². The zero-order chi connectivity index (χ0) is 20.1. The number of carbonyl (C=O) groups excluding carboxylic acids is 2. The molecule has 0 N–H and O–H groups in total. The van der Waals surface area contributed by atoms with Gasteiger partial charge in [0.1, 0.15) is 0 Å². The number of anilines is 2. The predicted octanol–water partition coefficient (Wildman–Crippen LogP) is 3.13. The average Bonchev–Trinajstić information content (AvgIpc) is 2.92. The van der Waals surface area contributed by atoms with Crippen molar-refractivity contribution in [1.29, 1.82) is 0 Å². The Morgan fingerprint density at radius 3 is 2.04 bits per heavy atom. The average molecular weight is 398 g/mol. The van der Waals surface area contributed by atoms with Crippen LogP contribution in [-0.2, 0) is 9.84 Å². The van der Waals surface area contributed by atoms with Gasteiger partial charge in [-0.1, -0.05) is 19.1 Å². The maximum atomic E-state index is 12.8. The molecule has 0 unspecified atom stereocenters. The number of sulfone groups is 1. The normalized spacial score (nSPS) is 17.9. The van der Waals surface area contributed by atoms with E-state index in [1.807, 2.05) is 4.90 Å². The van der Waals surface area contributed by atoms with Crippen LogP contribution in [0.25, 0.3) is 0 Å². The second-order valence-corrected chi connectivity index (χ2v) is 9.57. The van der Waals surface area contributed by atoms with E-state index in [2.05, 4.69) is 6.92 Å². The number of carbonyl (C=O) groups is 2. The first-order valence-electron chi connectivity index (χ1n) is 9.34. The van der Waals surface area contributed by atoms with Gasteiger partial charge in [-0.2, -0.15) is 0 Å². The van der Waals surface area contributed by atoms with Crippen molar-refractivity contribution < 1.29 is 18.0 Å². The molecule has 0 radical (unpaired) electrons. The van der Waals surface area contributed by atoms with Crippen LogP contribution in [-0.4, -0.2) is 39.6 Å². The Morgan fingerprint density at radius 1 is 0.929 bits per heavy atom. The summed E-state index contributed by atoms with van der Waals surface area (Å²) in [6.07, 6.45) is 3.13. The highest BCUT2D eigenvalue weighted by Crippen LogP contribution is 2.35. The Labute approximate surface area is 164 Å². The molecule has 0 aromatic heterocycles. The highest BCUT2D eigenvalue weighted by atomic mass is 32.2. The summed E-state index contributed by atoms with van der Waals surface area (Å²) in [6.45, 7) is 3.68. The van der Waals surface area contributed by atoms with Gasteiger partial charge in [0.15, 0.2) is 9.84 Å². The van der Waals surface area contributed by atoms with Gasteiger partial charge >= 0.3 is 0 Å². The molecular formula is C21H22N2O4S. The van der Waals surface area contributed by atoms with Crippen molar-refractivity contribution >= 4 is 33.0 Å². The molecule has 7 heteroatoms. The quantitative estimate of drug-likeness (QED) is 0.743. The molecule has 28 heavy (non-hydrogen) atoms. The molecule has 2 aromatic rings. The Hall–Kier alpha value is -2.67. The molecule has 2 aliphatic heterocycles. The van der Waals surface area contributed by atoms with E-state index in [-0.39, 0.29) is 16.7 Å². The van der Waals surface area contributed by atoms with E-state index in [0.29, 0.717) is 28.4 Å². The van der Waals surface area contributed by atoms with E-state index in [0.717, 1.165) is 30.8 Å². The molecule has 0 atom stereocenters. The molecule has 2 amide bonds. The highest BCUT2D eigenvalue weighted by molar-refractivity contribution is 7.90. The summed E-state index contributed by atoms with van der Waals surface area (Å²) in [7, 11) is -3.45. The first kappa shape index (κ1) is 18.7. The molecule has 1 fully saturated rings. The lowest BCUT2D eigenvalue weighted by Crippen LogP contribution is -2.34. The number of hydrogen-bond acceptors (Lipinski definition) is 5. The first-order valence-corrected chi connectivity index (χ1v) is 11.2. The van der Waals surface area contributed by atoms with E-state index >= 15 is 0 Å². The maximum Gasteiger partial charge on any atom is 0.266 e. The molecule has 6 nitrogen and oxygen atoms in total. The fourth-order valence-corrected chi connectivity index (χ4v) is 4.76. The largest absolute Gasteiger partial charge is 0.370 e. The summed E-state index contributed by atoms with van der Waals surface area (Å²) in [5.74, 6) is -0.172. The van der Waals surface area contributed by atoms with Gasteiger partial charge in [0.2, 0.25) is 0 Å². The topological polar surface area (TPSA) is 74.8 Å². The molecule has 1 saturated heterocycles. The summed E-state index contributed by atoms with van der Waals surface area (Å²) in [5, 5.41) is 0. The van der Waals surface area contributed by atoms with Gasteiger partial charge in [0.25, 0.3) is 11.8 Å². The Morgan fingerprint density at radius 2 is 1.50 bits per heavy atom. The number of hydrogen-bond donors (Lipinski definition) is 0. The van der Waals surface area contributed by atoms with Gasteiger partial charge in [-0.25, -0.2) is 13.3 Å². The lowest BCUT2D eigenvalue weighted by molar-refractivity contribution is 0.0926. The number of benzene rings is 2. The van der Waals surface area contributed by atoms with Crippen LogP contribution >= 0.6 is 0 Å². The number of fused-ring (bicyclic) bond motifs is 1. The molecule has 0 aliphatic carbocycles. The Kier molecular flexibility index (Phi) is 4.50. The molecule has 0 saturated carbocycles. The highest BCUT2D eigenvalue weighted by Gasteiger charge is 2.37. The minimum Gasteiger partial charge on any atom is -0.370 e. The van der Waals surface area contributed by atoms with E-state index in [4.69, 9.17) is 0 Å². The summed E-state index contributed by atoms with van der Waals surface area (Å²) >= 11 is 0. The molecule has 4 rings (SSSR count). The molecule has 2 aromatic carbocycles. The molecule has 0 bridgehead atoms. The zero-order valence-corrected chi connectivity index (χ0v) is 16.7. The minimum absolute atomic E-state index is 0.224. The lowest BCUT2D eigenvalue weighted by atomic mass is 9.99. The van der Waals surface area contributed by atoms with Gasteiger partial charge in [-0.05, 0) is 49.1 Å². The van der Waals surface area contributed by atoms with Crippen molar-refractivity contribution in [2.24, 2.45) is 5.92 Å². The molecule has 146 valence electrons. The number of piperidine rings is 1. The monoisotopic (exact) mass is 398 g/mol.